The maximum Gasteiger partial charge on any atom is 0.252 e. The summed E-state index contributed by atoms with van der Waals surface area (Å²) in [7, 11) is 1.91. The third-order valence-electron chi connectivity index (χ3n) is 5.40. The molecule has 7 heteroatoms. The highest BCUT2D eigenvalue weighted by molar-refractivity contribution is 5.79. The van der Waals surface area contributed by atoms with Crippen molar-refractivity contribution in [2.24, 2.45) is 0 Å². The lowest BCUT2D eigenvalue weighted by atomic mass is 10.0. The lowest BCUT2D eigenvalue weighted by molar-refractivity contribution is -0.128. The third kappa shape index (κ3) is 4.74. The van der Waals surface area contributed by atoms with Crippen LogP contribution in [0.4, 0.5) is 5.95 Å². The van der Waals surface area contributed by atoms with Crippen LogP contribution in [0, 0.1) is 0 Å². The fourth-order valence-electron chi connectivity index (χ4n) is 3.71. The Morgan fingerprint density at radius 3 is 2.70 bits per heavy atom. The third-order valence-corrected chi connectivity index (χ3v) is 5.40. The van der Waals surface area contributed by atoms with Gasteiger partial charge in [0.25, 0.3) is 5.56 Å². The number of carbonyl (C=O) groups excluding carboxylic acids is 1. The molecule has 1 aliphatic heterocycles. The van der Waals surface area contributed by atoms with Gasteiger partial charge in [-0.1, -0.05) is 36.4 Å². The molecule has 0 aliphatic carbocycles. The number of nitrogens with one attached hydrogen (secondary N) is 1. The van der Waals surface area contributed by atoms with Crippen LogP contribution in [0.5, 0.6) is 0 Å². The topological polar surface area (TPSA) is 82.2 Å². The highest BCUT2D eigenvalue weighted by Gasteiger charge is 2.32. The SMILES string of the molecule is CN(CCc1ccccc1)c1nc(C2CC(=O)N(Cc3ccccn3)C2)cc(=O)[nH]1. The first kappa shape index (κ1) is 19.8. The molecule has 3 heterocycles. The van der Waals surface area contributed by atoms with Crippen LogP contribution in [0.3, 0.4) is 0 Å². The minimum Gasteiger partial charge on any atom is -0.345 e. The standard InChI is InChI=1S/C23H25N5O2/c1-27(12-10-17-7-3-2-4-8-17)23-25-20(14-21(29)26-23)18-13-22(30)28(15-18)16-19-9-5-6-11-24-19/h2-9,11,14,18H,10,12-13,15-16H2,1H3,(H,25,26,29). The highest BCUT2D eigenvalue weighted by atomic mass is 16.2. The molecule has 4 rings (SSSR count). The molecule has 1 amide bonds. The number of carbonyl (C=O) groups is 1. The molecule has 1 atom stereocenters. The fourth-order valence-corrected chi connectivity index (χ4v) is 3.71. The lowest BCUT2D eigenvalue weighted by Crippen LogP contribution is -2.27. The number of hydrogen-bond acceptors (Lipinski definition) is 5. The van der Waals surface area contributed by atoms with E-state index in [0.29, 0.717) is 31.2 Å². The summed E-state index contributed by atoms with van der Waals surface area (Å²) in [5.41, 5.74) is 2.55. The van der Waals surface area contributed by atoms with Crippen LogP contribution in [0.2, 0.25) is 0 Å². The van der Waals surface area contributed by atoms with Gasteiger partial charge >= 0.3 is 0 Å². The number of hydrogen-bond donors (Lipinski definition) is 1. The normalized spacial score (nSPS) is 16.1. The predicted molar refractivity (Wildman–Crippen MR) is 115 cm³/mol. The van der Waals surface area contributed by atoms with Crippen molar-refractivity contribution in [3.8, 4) is 0 Å². The number of pyridine rings is 1. The Hall–Kier alpha value is -3.48. The van der Waals surface area contributed by atoms with Crippen molar-refractivity contribution in [2.45, 2.75) is 25.3 Å². The zero-order valence-corrected chi connectivity index (χ0v) is 17.0. The first-order valence-corrected chi connectivity index (χ1v) is 10.1. The molecule has 0 spiro atoms. The van der Waals surface area contributed by atoms with Crippen molar-refractivity contribution in [3.05, 3.63) is 88.1 Å². The van der Waals surface area contributed by atoms with Gasteiger partial charge in [0.15, 0.2) is 0 Å². The zero-order valence-electron chi connectivity index (χ0n) is 17.0. The number of rotatable bonds is 7. The van der Waals surface area contributed by atoms with E-state index in [1.165, 1.54) is 11.6 Å². The van der Waals surface area contributed by atoms with E-state index in [1.807, 2.05) is 48.3 Å². The summed E-state index contributed by atoms with van der Waals surface area (Å²) < 4.78 is 0. The van der Waals surface area contributed by atoms with Gasteiger partial charge in [-0.3, -0.25) is 19.6 Å². The number of likely N-dealkylation sites (N-methyl/N-ethyl adjacent to an activating group) is 1. The Bertz CT molecular complexity index is 1050. The molecule has 0 radical (unpaired) electrons. The molecule has 1 N–H and O–H groups in total. The molecule has 1 aromatic carbocycles. The van der Waals surface area contributed by atoms with Crippen molar-refractivity contribution in [3.63, 3.8) is 0 Å². The highest BCUT2D eigenvalue weighted by Crippen LogP contribution is 2.28. The number of likely N-dealkylation sites (tertiary alicyclic amines) is 1. The number of amides is 1. The number of aromatic amines is 1. The number of H-pyrrole nitrogens is 1. The smallest absolute Gasteiger partial charge is 0.252 e. The number of benzene rings is 1. The predicted octanol–water partition coefficient (Wildman–Crippen LogP) is 2.36. The number of nitrogens with zero attached hydrogens (tertiary/aromatic N) is 4. The molecule has 30 heavy (non-hydrogen) atoms. The van der Waals surface area contributed by atoms with E-state index in [4.69, 9.17) is 0 Å². The fraction of sp³-hybridized carbons (Fsp3) is 0.304. The van der Waals surface area contributed by atoms with Gasteiger partial charge in [0.05, 0.1) is 17.9 Å². The van der Waals surface area contributed by atoms with Crippen LogP contribution in [0.15, 0.2) is 65.6 Å². The second kappa shape index (κ2) is 8.90. The summed E-state index contributed by atoms with van der Waals surface area (Å²) >= 11 is 0. The van der Waals surface area contributed by atoms with Gasteiger partial charge < -0.3 is 9.80 Å². The van der Waals surface area contributed by atoms with Gasteiger partial charge in [-0.05, 0) is 24.1 Å². The van der Waals surface area contributed by atoms with Crippen molar-refractivity contribution >= 4 is 11.9 Å². The van der Waals surface area contributed by atoms with Gasteiger partial charge in [0, 0.05) is 44.7 Å². The Labute approximate surface area is 175 Å². The van der Waals surface area contributed by atoms with Crippen LogP contribution >= 0.6 is 0 Å². The van der Waals surface area contributed by atoms with Gasteiger partial charge in [0.2, 0.25) is 11.9 Å². The molecule has 2 aromatic heterocycles. The van der Waals surface area contributed by atoms with Gasteiger partial charge in [-0.2, -0.15) is 0 Å². The molecule has 0 bridgehead atoms. The van der Waals surface area contributed by atoms with Crippen LogP contribution in [-0.2, 0) is 17.8 Å². The largest absolute Gasteiger partial charge is 0.345 e. The molecular weight excluding hydrogens is 378 g/mol. The molecule has 1 aliphatic rings. The van der Waals surface area contributed by atoms with E-state index in [-0.39, 0.29) is 17.4 Å². The van der Waals surface area contributed by atoms with Gasteiger partial charge in [0.1, 0.15) is 0 Å². The maximum atomic E-state index is 12.5. The summed E-state index contributed by atoms with van der Waals surface area (Å²) in [6, 6.07) is 17.4. The first-order valence-electron chi connectivity index (χ1n) is 10.1. The van der Waals surface area contributed by atoms with Crippen molar-refractivity contribution in [2.75, 3.05) is 25.0 Å². The van der Waals surface area contributed by atoms with Gasteiger partial charge in [-0.15, -0.1) is 0 Å². The first-order chi connectivity index (χ1) is 14.6. The second-order valence-electron chi connectivity index (χ2n) is 7.65. The molecule has 3 aromatic rings. The van der Waals surface area contributed by atoms with Crippen LogP contribution < -0.4 is 10.5 Å². The number of aromatic nitrogens is 3. The molecule has 1 unspecified atom stereocenters. The maximum absolute atomic E-state index is 12.5. The molecule has 154 valence electrons. The minimum absolute atomic E-state index is 0.0618. The van der Waals surface area contributed by atoms with Crippen molar-refractivity contribution in [1.29, 1.82) is 0 Å². The number of anilines is 1. The molecule has 7 nitrogen and oxygen atoms in total. The van der Waals surface area contributed by atoms with Crippen molar-refractivity contribution < 1.29 is 4.79 Å². The Morgan fingerprint density at radius 2 is 1.93 bits per heavy atom. The summed E-state index contributed by atoms with van der Waals surface area (Å²) in [6.07, 6.45) is 2.94. The van der Waals surface area contributed by atoms with E-state index in [9.17, 15) is 9.59 Å². The Morgan fingerprint density at radius 1 is 1.13 bits per heavy atom. The summed E-state index contributed by atoms with van der Waals surface area (Å²) in [5.74, 6) is 0.501. The summed E-state index contributed by atoms with van der Waals surface area (Å²) in [4.78, 5) is 40.3. The van der Waals surface area contributed by atoms with E-state index in [2.05, 4.69) is 27.1 Å². The van der Waals surface area contributed by atoms with E-state index in [1.54, 1.807) is 11.1 Å². The molecular formula is C23H25N5O2. The Kier molecular flexibility index (Phi) is 5.88. The van der Waals surface area contributed by atoms with E-state index >= 15 is 0 Å². The quantitative estimate of drug-likeness (QED) is 0.655. The Balaban J connectivity index is 1.45. The summed E-state index contributed by atoms with van der Waals surface area (Å²) in [5, 5.41) is 0. The van der Waals surface area contributed by atoms with Crippen LogP contribution in [-0.4, -0.2) is 45.9 Å². The van der Waals surface area contributed by atoms with Crippen LogP contribution in [0.25, 0.3) is 0 Å². The average Bonchev–Trinajstić information content (AvgIpc) is 3.13. The average molecular weight is 403 g/mol. The monoisotopic (exact) mass is 403 g/mol. The van der Waals surface area contributed by atoms with E-state index < -0.39 is 0 Å². The van der Waals surface area contributed by atoms with Crippen LogP contribution in [0.1, 0.15) is 29.3 Å². The second-order valence-corrected chi connectivity index (χ2v) is 7.65. The van der Waals surface area contributed by atoms with Crippen molar-refractivity contribution in [1.82, 2.24) is 19.9 Å². The van der Waals surface area contributed by atoms with Gasteiger partial charge in [-0.25, -0.2) is 4.98 Å². The minimum atomic E-state index is -0.197. The zero-order chi connectivity index (χ0) is 20.9. The molecule has 0 saturated carbocycles. The lowest BCUT2D eigenvalue weighted by Gasteiger charge is -2.19. The molecule has 1 saturated heterocycles. The van der Waals surface area contributed by atoms with E-state index in [0.717, 1.165) is 18.7 Å². The molecule has 1 fully saturated rings. The summed E-state index contributed by atoms with van der Waals surface area (Å²) in [6.45, 7) is 1.74.